The highest BCUT2D eigenvalue weighted by Crippen LogP contribution is 2.35. The van der Waals surface area contributed by atoms with E-state index in [-0.39, 0.29) is 17.6 Å². The Morgan fingerprint density at radius 2 is 1.85 bits per heavy atom. The summed E-state index contributed by atoms with van der Waals surface area (Å²) in [4.78, 5) is 0. The van der Waals surface area contributed by atoms with E-state index in [0.717, 1.165) is 45.2 Å². The predicted molar refractivity (Wildman–Crippen MR) is 105 cm³/mol. The van der Waals surface area contributed by atoms with Crippen molar-refractivity contribution in [2.45, 2.75) is 57.1 Å². The number of rotatable bonds is 6. The fourth-order valence-electron chi connectivity index (χ4n) is 4.30. The molecule has 0 amide bonds. The Hall–Kier alpha value is -0.950. The predicted octanol–water partition coefficient (Wildman–Crippen LogP) is 2.65. The Balaban J connectivity index is 1.51. The van der Waals surface area contributed by atoms with E-state index in [2.05, 4.69) is 47.3 Å². The van der Waals surface area contributed by atoms with Crippen LogP contribution in [0, 0.1) is 5.41 Å². The van der Waals surface area contributed by atoms with Gasteiger partial charge in [-0.1, -0.05) is 37.3 Å². The van der Waals surface area contributed by atoms with Crippen LogP contribution in [0.5, 0.6) is 0 Å². The molecule has 146 valence electrons. The SMILES string of the molecule is C[C@@]1(COC2CCC(c3ccccc3)CC2)CNCCC1NS(C)(=O)=O. The molecule has 1 aromatic carbocycles. The van der Waals surface area contributed by atoms with Crippen LogP contribution in [0.1, 0.15) is 50.5 Å². The molecule has 2 fully saturated rings. The van der Waals surface area contributed by atoms with Gasteiger partial charge in [0.05, 0.1) is 19.0 Å². The average molecular weight is 381 g/mol. The summed E-state index contributed by atoms with van der Waals surface area (Å²) in [5, 5.41) is 3.39. The third-order valence-electron chi connectivity index (χ3n) is 5.93. The lowest BCUT2D eigenvalue weighted by Gasteiger charge is -2.42. The molecule has 1 aliphatic carbocycles. The summed E-state index contributed by atoms with van der Waals surface area (Å²) >= 11 is 0. The normalized spacial score (nSPS) is 33.1. The van der Waals surface area contributed by atoms with Gasteiger partial charge in [0.25, 0.3) is 0 Å². The van der Waals surface area contributed by atoms with Crippen LogP contribution in [-0.2, 0) is 14.8 Å². The second-order valence-electron chi connectivity index (χ2n) is 8.26. The molecule has 1 aliphatic heterocycles. The van der Waals surface area contributed by atoms with Crippen molar-refractivity contribution < 1.29 is 13.2 Å². The molecule has 2 N–H and O–H groups in total. The van der Waals surface area contributed by atoms with Crippen molar-refractivity contribution in [1.29, 1.82) is 0 Å². The zero-order valence-corrected chi connectivity index (χ0v) is 16.7. The van der Waals surface area contributed by atoms with Gasteiger partial charge >= 0.3 is 0 Å². The molecular formula is C20H32N2O3S. The molecule has 6 heteroatoms. The van der Waals surface area contributed by atoms with Crippen molar-refractivity contribution >= 4 is 10.0 Å². The van der Waals surface area contributed by atoms with Gasteiger partial charge in [0.2, 0.25) is 10.0 Å². The largest absolute Gasteiger partial charge is 0.378 e. The zero-order valence-electron chi connectivity index (χ0n) is 15.9. The van der Waals surface area contributed by atoms with Crippen LogP contribution in [0.15, 0.2) is 30.3 Å². The minimum Gasteiger partial charge on any atom is -0.378 e. The zero-order chi connectivity index (χ0) is 18.6. The van der Waals surface area contributed by atoms with Gasteiger partial charge in [-0.3, -0.25) is 0 Å². The number of hydrogen-bond donors (Lipinski definition) is 2. The van der Waals surface area contributed by atoms with E-state index in [1.807, 2.05) is 0 Å². The first-order chi connectivity index (χ1) is 12.4. The highest BCUT2D eigenvalue weighted by molar-refractivity contribution is 7.88. The topological polar surface area (TPSA) is 67.4 Å². The van der Waals surface area contributed by atoms with Crippen LogP contribution in [0.4, 0.5) is 0 Å². The Morgan fingerprint density at radius 3 is 2.50 bits per heavy atom. The van der Waals surface area contributed by atoms with Crippen molar-refractivity contribution in [1.82, 2.24) is 10.0 Å². The molecule has 0 radical (unpaired) electrons. The lowest BCUT2D eigenvalue weighted by molar-refractivity contribution is -0.0376. The molecule has 5 nitrogen and oxygen atoms in total. The maximum absolute atomic E-state index is 11.7. The van der Waals surface area contributed by atoms with Crippen LogP contribution < -0.4 is 10.0 Å². The highest BCUT2D eigenvalue weighted by atomic mass is 32.2. The lowest BCUT2D eigenvalue weighted by Crippen LogP contribution is -2.57. The number of ether oxygens (including phenoxy) is 1. The van der Waals surface area contributed by atoms with Crippen LogP contribution in [0.2, 0.25) is 0 Å². The molecule has 2 aliphatic rings. The third-order valence-corrected chi connectivity index (χ3v) is 6.64. The van der Waals surface area contributed by atoms with Gasteiger partial charge in [-0.2, -0.15) is 0 Å². The van der Waals surface area contributed by atoms with Gasteiger partial charge in [-0.15, -0.1) is 0 Å². The van der Waals surface area contributed by atoms with Gasteiger partial charge in [0.15, 0.2) is 0 Å². The van der Waals surface area contributed by atoms with Crippen LogP contribution >= 0.6 is 0 Å². The van der Waals surface area contributed by atoms with Crippen molar-refractivity contribution in [2.75, 3.05) is 26.0 Å². The van der Waals surface area contributed by atoms with Crippen LogP contribution in [-0.4, -0.2) is 46.5 Å². The fourth-order valence-corrected chi connectivity index (χ4v) is 5.22. The monoisotopic (exact) mass is 380 g/mol. The molecule has 1 saturated heterocycles. The van der Waals surface area contributed by atoms with Crippen molar-refractivity contribution in [3.05, 3.63) is 35.9 Å². The Kier molecular flexibility index (Phi) is 6.38. The van der Waals surface area contributed by atoms with Gasteiger partial charge in [0, 0.05) is 18.0 Å². The number of benzene rings is 1. The molecule has 0 bridgehead atoms. The summed E-state index contributed by atoms with van der Waals surface area (Å²) in [7, 11) is -3.21. The second kappa shape index (κ2) is 8.38. The van der Waals surface area contributed by atoms with Crippen molar-refractivity contribution in [3.63, 3.8) is 0 Å². The Morgan fingerprint density at radius 1 is 1.15 bits per heavy atom. The molecular weight excluding hydrogens is 348 g/mol. The van der Waals surface area contributed by atoms with Crippen LogP contribution in [0.3, 0.4) is 0 Å². The first-order valence-electron chi connectivity index (χ1n) is 9.70. The number of sulfonamides is 1. The van der Waals surface area contributed by atoms with E-state index >= 15 is 0 Å². The Bertz CT molecular complexity index is 672. The summed E-state index contributed by atoms with van der Waals surface area (Å²) < 4.78 is 32.5. The molecule has 26 heavy (non-hydrogen) atoms. The second-order valence-corrected chi connectivity index (χ2v) is 10.0. The Labute approximate surface area is 158 Å². The summed E-state index contributed by atoms with van der Waals surface area (Å²) in [5.41, 5.74) is 1.23. The summed E-state index contributed by atoms with van der Waals surface area (Å²) in [6.07, 6.45) is 6.80. The molecule has 1 saturated carbocycles. The first-order valence-corrected chi connectivity index (χ1v) is 11.6. The van der Waals surface area contributed by atoms with E-state index in [1.54, 1.807) is 0 Å². The van der Waals surface area contributed by atoms with Crippen molar-refractivity contribution in [3.8, 4) is 0 Å². The van der Waals surface area contributed by atoms with E-state index in [9.17, 15) is 8.42 Å². The van der Waals surface area contributed by atoms with Crippen molar-refractivity contribution in [2.24, 2.45) is 5.41 Å². The van der Waals surface area contributed by atoms with E-state index in [1.165, 1.54) is 11.8 Å². The maximum Gasteiger partial charge on any atom is 0.208 e. The highest BCUT2D eigenvalue weighted by Gasteiger charge is 2.39. The summed E-state index contributed by atoms with van der Waals surface area (Å²) in [5.74, 6) is 0.641. The van der Waals surface area contributed by atoms with E-state index in [0.29, 0.717) is 12.5 Å². The van der Waals surface area contributed by atoms with Crippen LogP contribution in [0.25, 0.3) is 0 Å². The smallest absolute Gasteiger partial charge is 0.208 e. The van der Waals surface area contributed by atoms with E-state index in [4.69, 9.17) is 4.74 Å². The fraction of sp³-hybridized carbons (Fsp3) is 0.700. The number of hydrogen-bond acceptors (Lipinski definition) is 4. The molecule has 1 heterocycles. The summed E-state index contributed by atoms with van der Waals surface area (Å²) in [6.45, 7) is 4.33. The molecule has 0 spiro atoms. The van der Waals surface area contributed by atoms with Gasteiger partial charge in [-0.05, 0) is 50.1 Å². The van der Waals surface area contributed by atoms with Gasteiger partial charge in [-0.25, -0.2) is 13.1 Å². The average Bonchev–Trinajstić information content (AvgIpc) is 2.62. The maximum atomic E-state index is 11.7. The summed E-state index contributed by atoms with van der Waals surface area (Å²) in [6, 6.07) is 10.7. The lowest BCUT2D eigenvalue weighted by atomic mass is 9.79. The van der Waals surface area contributed by atoms with E-state index < -0.39 is 10.0 Å². The number of piperidine rings is 1. The first kappa shape index (κ1) is 19.8. The molecule has 1 unspecified atom stereocenters. The number of nitrogens with one attached hydrogen (secondary N) is 2. The minimum atomic E-state index is -3.21. The standard InChI is InChI=1S/C20H32N2O3S/c1-20(14-21-13-12-19(20)22-26(2,23)24)15-25-18-10-8-17(9-11-18)16-6-4-3-5-7-16/h3-7,17-19,21-22H,8-15H2,1-2H3/t17?,18?,19?,20-/m0/s1. The third kappa shape index (κ3) is 5.28. The minimum absolute atomic E-state index is 0.0700. The van der Waals surface area contributed by atoms with Gasteiger partial charge < -0.3 is 10.1 Å². The van der Waals surface area contributed by atoms with Gasteiger partial charge in [0.1, 0.15) is 0 Å². The molecule has 1 aromatic rings. The molecule has 0 aromatic heterocycles. The quantitative estimate of drug-likeness (QED) is 0.796. The molecule has 3 rings (SSSR count). The molecule has 2 atom stereocenters.